The van der Waals surface area contributed by atoms with Gasteiger partial charge in [0.15, 0.2) is 12.0 Å². The summed E-state index contributed by atoms with van der Waals surface area (Å²) in [7, 11) is 1.92. The molecule has 0 atom stereocenters. The van der Waals surface area contributed by atoms with Gasteiger partial charge in [0, 0.05) is 25.3 Å². The molecule has 0 bridgehead atoms. The maximum Gasteiger partial charge on any atom is 0.181 e. The lowest BCUT2D eigenvalue weighted by Gasteiger charge is -2.17. The van der Waals surface area contributed by atoms with Gasteiger partial charge in [-0.1, -0.05) is 0 Å². The normalized spacial score (nSPS) is 10.7. The first kappa shape index (κ1) is 9.02. The topological polar surface area (TPSA) is 49.5 Å². The van der Waals surface area contributed by atoms with Crippen LogP contribution in [0, 0.1) is 0 Å². The minimum Gasteiger partial charge on any atom is -0.443 e. The van der Waals surface area contributed by atoms with Crippen molar-refractivity contribution in [3.63, 3.8) is 0 Å². The smallest absolute Gasteiger partial charge is 0.181 e. The zero-order valence-electron chi connectivity index (χ0n) is 7.97. The van der Waals surface area contributed by atoms with E-state index in [0.717, 1.165) is 16.8 Å². The minimum absolute atomic E-state index is 0.144. The Morgan fingerprint density at radius 3 is 3.14 bits per heavy atom. The van der Waals surface area contributed by atoms with E-state index in [1.54, 1.807) is 0 Å². The number of benzene rings is 1. The molecular weight excluding hydrogens is 180 g/mol. The molecule has 0 spiro atoms. The molecule has 2 aromatic rings. The van der Waals surface area contributed by atoms with Crippen LogP contribution in [0.2, 0.25) is 0 Å². The number of oxazole rings is 1. The Kier molecular flexibility index (Phi) is 2.37. The van der Waals surface area contributed by atoms with Crippen LogP contribution in [0.5, 0.6) is 0 Å². The van der Waals surface area contributed by atoms with Gasteiger partial charge in [-0.25, -0.2) is 4.98 Å². The molecule has 1 aromatic carbocycles. The van der Waals surface area contributed by atoms with Crippen molar-refractivity contribution in [2.45, 2.75) is 0 Å². The predicted octanol–water partition coefficient (Wildman–Crippen LogP) is 1.26. The minimum atomic E-state index is 0.144. The number of hydrogen-bond acceptors (Lipinski definition) is 4. The molecule has 0 saturated carbocycles. The number of likely N-dealkylation sites (N-methyl/N-ethyl adjacent to an activating group) is 1. The molecule has 0 fully saturated rings. The van der Waals surface area contributed by atoms with Crippen LogP contribution in [0.4, 0.5) is 5.69 Å². The van der Waals surface area contributed by atoms with Gasteiger partial charge >= 0.3 is 0 Å². The van der Waals surface area contributed by atoms with Gasteiger partial charge in [-0.15, -0.1) is 0 Å². The number of aliphatic hydroxyl groups excluding tert-OH is 1. The van der Waals surface area contributed by atoms with Crippen LogP contribution in [-0.2, 0) is 0 Å². The lowest BCUT2D eigenvalue weighted by molar-refractivity contribution is 0.304. The summed E-state index contributed by atoms with van der Waals surface area (Å²) in [6.07, 6.45) is 1.43. The molecule has 4 nitrogen and oxygen atoms in total. The first-order chi connectivity index (χ1) is 6.81. The van der Waals surface area contributed by atoms with Gasteiger partial charge in [-0.3, -0.25) is 0 Å². The summed E-state index contributed by atoms with van der Waals surface area (Å²) in [4.78, 5) is 5.99. The van der Waals surface area contributed by atoms with Crippen molar-refractivity contribution in [1.82, 2.24) is 4.98 Å². The fourth-order valence-corrected chi connectivity index (χ4v) is 1.36. The zero-order chi connectivity index (χ0) is 9.97. The highest BCUT2D eigenvalue weighted by molar-refractivity contribution is 5.76. The third-order valence-electron chi connectivity index (χ3n) is 2.19. The van der Waals surface area contributed by atoms with Gasteiger partial charge in [-0.05, 0) is 12.1 Å². The number of hydrogen-bond donors (Lipinski definition) is 1. The van der Waals surface area contributed by atoms with Crippen molar-refractivity contribution in [2.75, 3.05) is 25.1 Å². The molecule has 0 aliphatic heterocycles. The molecule has 14 heavy (non-hydrogen) atoms. The number of aliphatic hydroxyl groups is 1. The molecular formula is C10H12N2O2. The second-order valence-electron chi connectivity index (χ2n) is 3.15. The highest BCUT2D eigenvalue weighted by Gasteiger charge is 2.03. The Labute approximate surface area is 81.8 Å². The Morgan fingerprint density at radius 2 is 2.36 bits per heavy atom. The zero-order valence-corrected chi connectivity index (χ0v) is 7.97. The Bertz CT molecular complexity index is 425. The maximum absolute atomic E-state index is 8.79. The van der Waals surface area contributed by atoms with Crippen LogP contribution >= 0.6 is 0 Å². The number of rotatable bonds is 3. The molecule has 1 heterocycles. The van der Waals surface area contributed by atoms with E-state index in [4.69, 9.17) is 9.52 Å². The Morgan fingerprint density at radius 1 is 1.50 bits per heavy atom. The first-order valence-electron chi connectivity index (χ1n) is 4.46. The predicted molar refractivity (Wildman–Crippen MR) is 54.4 cm³/mol. The van der Waals surface area contributed by atoms with E-state index in [2.05, 4.69) is 4.98 Å². The summed E-state index contributed by atoms with van der Waals surface area (Å²) >= 11 is 0. The lowest BCUT2D eigenvalue weighted by Crippen LogP contribution is -2.20. The number of anilines is 1. The SMILES string of the molecule is CN(CCO)c1ccc2ncoc2c1. The summed E-state index contributed by atoms with van der Waals surface area (Å²) in [6.45, 7) is 0.755. The highest BCUT2D eigenvalue weighted by atomic mass is 16.3. The third kappa shape index (κ3) is 1.56. The number of aromatic nitrogens is 1. The largest absolute Gasteiger partial charge is 0.443 e. The van der Waals surface area contributed by atoms with Crippen molar-refractivity contribution in [3.05, 3.63) is 24.6 Å². The maximum atomic E-state index is 8.79. The summed E-state index contributed by atoms with van der Waals surface area (Å²) in [5, 5.41) is 8.79. The average molecular weight is 192 g/mol. The number of nitrogens with zero attached hydrogens (tertiary/aromatic N) is 2. The summed E-state index contributed by atoms with van der Waals surface area (Å²) < 4.78 is 5.19. The van der Waals surface area contributed by atoms with E-state index < -0.39 is 0 Å². The number of fused-ring (bicyclic) bond motifs is 1. The fourth-order valence-electron chi connectivity index (χ4n) is 1.36. The van der Waals surface area contributed by atoms with Crippen molar-refractivity contribution >= 4 is 16.8 Å². The van der Waals surface area contributed by atoms with Gasteiger partial charge in [0.25, 0.3) is 0 Å². The molecule has 0 unspecified atom stereocenters. The highest BCUT2D eigenvalue weighted by Crippen LogP contribution is 2.19. The van der Waals surface area contributed by atoms with E-state index in [9.17, 15) is 0 Å². The molecule has 0 saturated heterocycles. The van der Waals surface area contributed by atoms with Crippen LogP contribution in [0.3, 0.4) is 0 Å². The fraction of sp³-hybridized carbons (Fsp3) is 0.300. The molecule has 0 aliphatic rings. The standard InChI is InChI=1S/C10H12N2O2/c1-12(4-5-13)8-2-3-9-10(6-8)14-7-11-9/h2-3,6-7,13H,4-5H2,1H3. The quantitative estimate of drug-likeness (QED) is 0.795. The Hall–Kier alpha value is -1.55. The molecule has 2 rings (SSSR count). The van der Waals surface area contributed by atoms with Crippen LogP contribution in [-0.4, -0.2) is 30.3 Å². The van der Waals surface area contributed by atoms with E-state index in [-0.39, 0.29) is 6.61 Å². The Balaban J connectivity index is 2.33. The van der Waals surface area contributed by atoms with E-state index in [0.29, 0.717) is 6.54 Å². The van der Waals surface area contributed by atoms with E-state index in [1.807, 2.05) is 30.1 Å². The first-order valence-corrected chi connectivity index (χ1v) is 4.46. The third-order valence-corrected chi connectivity index (χ3v) is 2.19. The van der Waals surface area contributed by atoms with Crippen molar-refractivity contribution in [3.8, 4) is 0 Å². The summed E-state index contributed by atoms with van der Waals surface area (Å²) in [5.74, 6) is 0. The van der Waals surface area contributed by atoms with Crippen LogP contribution < -0.4 is 4.90 Å². The monoisotopic (exact) mass is 192 g/mol. The van der Waals surface area contributed by atoms with Gasteiger partial charge in [0.1, 0.15) is 5.52 Å². The lowest BCUT2D eigenvalue weighted by atomic mass is 10.2. The van der Waals surface area contributed by atoms with Gasteiger partial charge in [0.2, 0.25) is 0 Å². The second-order valence-corrected chi connectivity index (χ2v) is 3.15. The van der Waals surface area contributed by atoms with Crippen LogP contribution in [0.25, 0.3) is 11.1 Å². The summed E-state index contributed by atoms with van der Waals surface area (Å²) in [5.41, 5.74) is 2.64. The molecule has 0 amide bonds. The molecule has 1 aromatic heterocycles. The van der Waals surface area contributed by atoms with Crippen LogP contribution in [0.1, 0.15) is 0 Å². The van der Waals surface area contributed by atoms with E-state index >= 15 is 0 Å². The van der Waals surface area contributed by atoms with Gasteiger partial charge < -0.3 is 14.4 Å². The summed E-state index contributed by atoms with van der Waals surface area (Å²) in [6, 6.07) is 5.78. The van der Waals surface area contributed by atoms with Crippen molar-refractivity contribution in [2.24, 2.45) is 0 Å². The van der Waals surface area contributed by atoms with Gasteiger partial charge in [0.05, 0.1) is 6.61 Å². The average Bonchev–Trinajstić information content (AvgIpc) is 2.64. The van der Waals surface area contributed by atoms with Crippen LogP contribution in [0.15, 0.2) is 29.0 Å². The van der Waals surface area contributed by atoms with Crippen molar-refractivity contribution in [1.29, 1.82) is 0 Å². The van der Waals surface area contributed by atoms with Crippen molar-refractivity contribution < 1.29 is 9.52 Å². The second kappa shape index (κ2) is 3.67. The van der Waals surface area contributed by atoms with Gasteiger partial charge in [-0.2, -0.15) is 0 Å². The molecule has 0 aliphatic carbocycles. The molecule has 74 valence electrons. The molecule has 1 N–H and O–H groups in total. The molecule has 0 radical (unpaired) electrons. The molecule has 4 heteroatoms. The van der Waals surface area contributed by atoms with E-state index in [1.165, 1.54) is 6.39 Å².